The minimum Gasteiger partial charge on any atom is -0.497 e. The van der Waals surface area contributed by atoms with E-state index in [0.29, 0.717) is 6.04 Å². The summed E-state index contributed by atoms with van der Waals surface area (Å²) < 4.78 is 5.12. The van der Waals surface area contributed by atoms with Crippen LogP contribution in [0.1, 0.15) is 31.7 Å². The highest BCUT2D eigenvalue weighted by molar-refractivity contribution is 5.30. The molecule has 0 amide bonds. The maximum atomic E-state index is 10.5. The normalized spacial score (nSPS) is 23.4. The van der Waals surface area contributed by atoms with Crippen LogP contribution in [0.3, 0.4) is 0 Å². The monoisotopic (exact) mass is 235 g/mol. The van der Waals surface area contributed by atoms with E-state index in [-0.39, 0.29) is 0 Å². The highest BCUT2D eigenvalue weighted by atomic mass is 16.5. The molecule has 0 radical (unpaired) electrons. The van der Waals surface area contributed by atoms with Gasteiger partial charge in [-0.2, -0.15) is 0 Å². The summed E-state index contributed by atoms with van der Waals surface area (Å²) in [6, 6.07) is 8.10. The predicted octanol–water partition coefficient (Wildman–Crippen LogP) is 2.04. The lowest BCUT2D eigenvalue weighted by Gasteiger charge is -2.27. The van der Waals surface area contributed by atoms with Crippen molar-refractivity contribution in [2.75, 3.05) is 13.7 Å². The molecule has 3 nitrogen and oxygen atoms in total. The zero-order valence-corrected chi connectivity index (χ0v) is 10.6. The van der Waals surface area contributed by atoms with Crippen molar-refractivity contribution in [2.45, 2.75) is 37.8 Å². The molecule has 0 aliphatic carbocycles. The van der Waals surface area contributed by atoms with Gasteiger partial charge >= 0.3 is 0 Å². The molecular formula is C14H21NO2. The second-order valence-electron chi connectivity index (χ2n) is 5.00. The molecule has 3 heteroatoms. The van der Waals surface area contributed by atoms with Crippen LogP contribution >= 0.6 is 0 Å². The molecule has 2 unspecified atom stereocenters. The van der Waals surface area contributed by atoms with Crippen LogP contribution < -0.4 is 10.1 Å². The molecule has 0 spiro atoms. The molecule has 1 heterocycles. The molecule has 2 N–H and O–H groups in total. The Labute approximate surface area is 103 Å². The van der Waals surface area contributed by atoms with Crippen molar-refractivity contribution in [3.8, 4) is 5.75 Å². The van der Waals surface area contributed by atoms with E-state index in [0.717, 1.165) is 30.7 Å². The number of hydrogen-bond donors (Lipinski definition) is 2. The van der Waals surface area contributed by atoms with Crippen LogP contribution in [0, 0.1) is 0 Å². The molecule has 2 atom stereocenters. The standard InChI is InChI=1S/C14H21NO2/c1-14(16,10-12-4-3-9-15-12)11-5-7-13(17-2)8-6-11/h5-8,12,15-16H,3-4,9-10H2,1-2H3. The van der Waals surface area contributed by atoms with E-state index >= 15 is 0 Å². The Kier molecular flexibility index (Phi) is 3.69. The predicted molar refractivity (Wildman–Crippen MR) is 68.2 cm³/mol. The third kappa shape index (κ3) is 2.99. The van der Waals surface area contributed by atoms with Gasteiger partial charge in [-0.15, -0.1) is 0 Å². The van der Waals surface area contributed by atoms with Gasteiger partial charge in [0, 0.05) is 6.04 Å². The van der Waals surface area contributed by atoms with Gasteiger partial charge in [-0.25, -0.2) is 0 Å². The molecule has 1 aromatic rings. The Morgan fingerprint density at radius 1 is 1.41 bits per heavy atom. The Morgan fingerprint density at radius 3 is 2.65 bits per heavy atom. The fraction of sp³-hybridized carbons (Fsp3) is 0.571. The second kappa shape index (κ2) is 5.07. The summed E-state index contributed by atoms with van der Waals surface area (Å²) in [5, 5.41) is 13.9. The Morgan fingerprint density at radius 2 is 2.12 bits per heavy atom. The number of aliphatic hydroxyl groups is 1. The van der Waals surface area contributed by atoms with Crippen LogP contribution in [-0.2, 0) is 5.60 Å². The summed E-state index contributed by atoms with van der Waals surface area (Å²) in [7, 11) is 1.65. The Hall–Kier alpha value is -1.06. The van der Waals surface area contributed by atoms with Crippen LogP contribution in [0.25, 0.3) is 0 Å². The summed E-state index contributed by atoms with van der Waals surface area (Å²) >= 11 is 0. The van der Waals surface area contributed by atoms with Gasteiger partial charge in [0.25, 0.3) is 0 Å². The van der Waals surface area contributed by atoms with E-state index in [9.17, 15) is 5.11 Å². The molecule has 2 rings (SSSR count). The SMILES string of the molecule is COc1ccc(C(C)(O)CC2CCCN2)cc1. The lowest BCUT2D eigenvalue weighted by atomic mass is 9.88. The fourth-order valence-electron chi connectivity index (χ4n) is 2.48. The van der Waals surface area contributed by atoms with E-state index < -0.39 is 5.60 Å². The van der Waals surface area contributed by atoms with E-state index in [1.807, 2.05) is 31.2 Å². The molecule has 1 aliphatic heterocycles. The number of methoxy groups -OCH3 is 1. The van der Waals surface area contributed by atoms with Crippen molar-refractivity contribution in [1.82, 2.24) is 5.32 Å². The third-order valence-electron chi connectivity index (χ3n) is 3.52. The zero-order valence-electron chi connectivity index (χ0n) is 10.6. The second-order valence-corrected chi connectivity index (χ2v) is 5.00. The molecule has 0 aromatic heterocycles. The molecule has 94 valence electrons. The number of ether oxygens (including phenoxy) is 1. The van der Waals surface area contributed by atoms with Gasteiger partial charge in [-0.3, -0.25) is 0 Å². The van der Waals surface area contributed by atoms with E-state index in [1.54, 1.807) is 7.11 Å². The van der Waals surface area contributed by atoms with Crippen molar-refractivity contribution < 1.29 is 9.84 Å². The number of rotatable bonds is 4. The van der Waals surface area contributed by atoms with Crippen LogP contribution in [0.2, 0.25) is 0 Å². The largest absolute Gasteiger partial charge is 0.497 e. The third-order valence-corrected chi connectivity index (χ3v) is 3.52. The quantitative estimate of drug-likeness (QED) is 0.839. The van der Waals surface area contributed by atoms with Crippen molar-refractivity contribution in [3.63, 3.8) is 0 Å². The minimum atomic E-state index is -0.770. The smallest absolute Gasteiger partial charge is 0.118 e. The van der Waals surface area contributed by atoms with Crippen molar-refractivity contribution in [1.29, 1.82) is 0 Å². The van der Waals surface area contributed by atoms with Crippen molar-refractivity contribution in [3.05, 3.63) is 29.8 Å². The van der Waals surface area contributed by atoms with Gasteiger partial charge in [-0.05, 0) is 50.4 Å². The first-order chi connectivity index (χ1) is 8.12. The first-order valence-corrected chi connectivity index (χ1v) is 6.22. The van der Waals surface area contributed by atoms with Gasteiger partial charge in [0.15, 0.2) is 0 Å². The zero-order chi connectivity index (χ0) is 12.3. The summed E-state index contributed by atoms with van der Waals surface area (Å²) in [5.74, 6) is 0.823. The number of benzene rings is 1. The molecule has 0 bridgehead atoms. The summed E-state index contributed by atoms with van der Waals surface area (Å²) in [6.45, 7) is 2.96. The highest BCUT2D eigenvalue weighted by Crippen LogP contribution is 2.29. The Balaban J connectivity index is 2.06. The van der Waals surface area contributed by atoms with E-state index in [4.69, 9.17) is 4.74 Å². The minimum absolute atomic E-state index is 0.437. The van der Waals surface area contributed by atoms with E-state index in [2.05, 4.69) is 5.32 Å². The van der Waals surface area contributed by atoms with Gasteiger partial charge in [0.2, 0.25) is 0 Å². The van der Waals surface area contributed by atoms with Gasteiger partial charge in [0.05, 0.1) is 12.7 Å². The summed E-state index contributed by atoms with van der Waals surface area (Å²) in [6.07, 6.45) is 3.13. The van der Waals surface area contributed by atoms with Gasteiger partial charge in [0.1, 0.15) is 5.75 Å². The summed E-state index contributed by atoms with van der Waals surface area (Å²) in [5.41, 5.74) is 0.181. The Bertz CT molecular complexity index is 353. The first kappa shape index (κ1) is 12.4. The van der Waals surface area contributed by atoms with Crippen molar-refractivity contribution in [2.24, 2.45) is 0 Å². The molecule has 1 aliphatic rings. The molecular weight excluding hydrogens is 214 g/mol. The van der Waals surface area contributed by atoms with Crippen LogP contribution in [0.5, 0.6) is 5.75 Å². The maximum absolute atomic E-state index is 10.5. The molecule has 1 saturated heterocycles. The molecule has 1 fully saturated rings. The highest BCUT2D eigenvalue weighted by Gasteiger charge is 2.28. The van der Waals surface area contributed by atoms with Gasteiger partial charge in [-0.1, -0.05) is 12.1 Å². The summed E-state index contributed by atoms with van der Waals surface area (Å²) in [4.78, 5) is 0. The molecule has 1 aromatic carbocycles. The van der Waals surface area contributed by atoms with E-state index in [1.165, 1.54) is 6.42 Å². The molecule has 17 heavy (non-hydrogen) atoms. The van der Waals surface area contributed by atoms with Crippen LogP contribution in [0.4, 0.5) is 0 Å². The maximum Gasteiger partial charge on any atom is 0.118 e. The first-order valence-electron chi connectivity index (χ1n) is 6.22. The lowest BCUT2D eigenvalue weighted by molar-refractivity contribution is 0.0385. The lowest BCUT2D eigenvalue weighted by Crippen LogP contribution is -2.32. The van der Waals surface area contributed by atoms with Crippen LogP contribution in [0.15, 0.2) is 24.3 Å². The average molecular weight is 235 g/mol. The van der Waals surface area contributed by atoms with Crippen molar-refractivity contribution >= 4 is 0 Å². The molecule has 0 saturated carbocycles. The fourth-order valence-corrected chi connectivity index (χ4v) is 2.48. The topological polar surface area (TPSA) is 41.5 Å². The number of hydrogen-bond acceptors (Lipinski definition) is 3. The average Bonchev–Trinajstić information content (AvgIpc) is 2.81. The number of nitrogens with one attached hydrogen (secondary N) is 1. The van der Waals surface area contributed by atoms with Crippen LogP contribution in [-0.4, -0.2) is 24.8 Å². The van der Waals surface area contributed by atoms with Gasteiger partial charge < -0.3 is 15.2 Å².